The van der Waals surface area contributed by atoms with Crippen LogP contribution in [0.5, 0.6) is 0 Å². The van der Waals surface area contributed by atoms with E-state index in [9.17, 15) is 0 Å². The molecule has 0 aliphatic carbocycles. The lowest BCUT2D eigenvalue weighted by Crippen LogP contribution is -2.47. The van der Waals surface area contributed by atoms with Crippen molar-refractivity contribution in [1.29, 1.82) is 0 Å². The van der Waals surface area contributed by atoms with Crippen molar-refractivity contribution in [2.45, 2.75) is 44.3 Å². The van der Waals surface area contributed by atoms with Crippen LogP contribution in [0, 0.1) is 0 Å². The lowest BCUT2D eigenvalue weighted by atomic mass is 10.1. The molecule has 0 amide bonds. The largest absolute Gasteiger partial charge is 0.376 e. The molecule has 0 aromatic heterocycles. The Kier molecular flexibility index (Phi) is 7.69. The van der Waals surface area contributed by atoms with Crippen LogP contribution < -0.4 is 5.32 Å². The number of nitrogens with zero attached hydrogens (tertiary/aromatic N) is 2. The van der Waals surface area contributed by atoms with Crippen LogP contribution in [0.25, 0.3) is 0 Å². The van der Waals surface area contributed by atoms with E-state index in [4.69, 9.17) is 9.47 Å². The van der Waals surface area contributed by atoms with Crippen molar-refractivity contribution in [3.63, 3.8) is 0 Å². The van der Waals surface area contributed by atoms with Crippen LogP contribution in [-0.4, -0.2) is 63.0 Å². The molecule has 1 atom stereocenters. The first-order valence-electron chi connectivity index (χ1n) is 8.21. The molecule has 1 N–H and O–H groups in total. The summed E-state index contributed by atoms with van der Waals surface area (Å²) >= 11 is 3.36. The van der Waals surface area contributed by atoms with Crippen LogP contribution in [0.3, 0.4) is 0 Å². The van der Waals surface area contributed by atoms with Gasteiger partial charge in [-0.05, 0) is 32.1 Å². The Bertz CT molecular complexity index is 376. The van der Waals surface area contributed by atoms with Crippen LogP contribution in [0.15, 0.2) is 16.1 Å². The molecular formula is C16H28BrN3O2. The topological polar surface area (TPSA) is 46.1 Å². The highest BCUT2D eigenvalue weighted by Gasteiger charge is 2.23. The van der Waals surface area contributed by atoms with Crippen LogP contribution in [0.1, 0.15) is 32.1 Å². The SMILES string of the molecule is C=C(Br)CNC(=NC)N1CCC(OCC2CCCCO2)CC1. The van der Waals surface area contributed by atoms with Gasteiger partial charge in [-0.3, -0.25) is 4.99 Å². The molecule has 0 saturated carbocycles. The van der Waals surface area contributed by atoms with Crippen molar-refractivity contribution in [2.75, 3.05) is 39.9 Å². The first-order valence-corrected chi connectivity index (χ1v) is 9.00. The number of piperidine rings is 1. The Balaban J connectivity index is 1.67. The fraction of sp³-hybridized carbons (Fsp3) is 0.812. The van der Waals surface area contributed by atoms with E-state index in [2.05, 4.69) is 37.7 Å². The van der Waals surface area contributed by atoms with Crippen LogP contribution in [0.2, 0.25) is 0 Å². The zero-order chi connectivity index (χ0) is 15.8. The molecule has 2 saturated heterocycles. The van der Waals surface area contributed by atoms with Gasteiger partial charge in [0, 0.05) is 37.8 Å². The van der Waals surface area contributed by atoms with Crippen molar-refractivity contribution in [2.24, 2.45) is 4.99 Å². The maximum atomic E-state index is 6.05. The number of hydrogen-bond donors (Lipinski definition) is 1. The number of nitrogens with one attached hydrogen (secondary N) is 1. The lowest BCUT2D eigenvalue weighted by molar-refractivity contribution is -0.0721. The lowest BCUT2D eigenvalue weighted by Gasteiger charge is -2.35. The Hall–Kier alpha value is -0.590. The number of hydrogen-bond acceptors (Lipinski definition) is 3. The predicted molar refractivity (Wildman–Crippen MR) is 93.6 cm³/mol. The molecule has 2 fully saturated rings. The molecule has 2 rings (SSSR count). The van der Waals surface area contributed by atoms with Gasteiger partial charge < -0.3 is 19.7 Å². The molecule has 0 aromatic rings. The molecule has 1 unspecified atom stereocenters. The van der Waals surface area contributed by atoms with E-state index in [1.165, 1.54) is 12.8 Å². The van der Waals surface area contributed by atoms with Crippen molar-refractivity contribution < 1.29 is 9.47 Å². The predicted octanol–water partition coefficient (Wildman–Crippen LogP) is 2.52. The summed E-state index contributed by atoms with van der Waals surface area (Å²) in [5.74, 6) is 0.940. The van der Waals surface area contributed by atoms with Crippen molar-refractivity contribution in [1.82, 2.24) is 10.2 Å². The van der Waals surface area contributed by atoms with Crippen molar-refractivity contribution >= 4 is 21.9 Å². The van der Waals surface area contributed by atoms with Crippen molar-refractivity contribution in [3.05, 3.63) is 11.1 Å². The summed E-state index contributed by atoms with van der Waals surface area (Å²) in [5, 5.41) is 3.31. The Labute approximate surface area is 142 Å². The van der Waals surface area contributed by atoms with E-state index in [1.54, 1.807) is 0 Å². The second-order valence-corrected chi connectivity index (χ2v) is 7.05. The maximum absolute atomic E-state index is 6.05. The van der Waals surface area contributed by atoms with E-state index in [-0.39, 0.29) is 0 Å². The van der Waals surface area contributed by atoms with Gasteiger partial charge in [0.15, 0.2) is 5.96 Å². The quantitative estimate of drug-likeness (QED) is 0.594. The normalized spacial score (nSPS) is 24.4. The zero-order valence-corrected chi connectivity index (χ0v) is 15.1. The summed E-state index contributed by atoms with van der Waals surface area (Å²) in [7, 11) is 1.82. The average Bonchev–Trinajstić information content (AvgIpc) is 2.55. The Morgan fingerprint density at radius 2 is 2.14 bits per heavy atom. The molecular weight excluding hydrogens is 346 g/mol. The van der Waals surface area contributed by atoms with E-state index in [0.29, 0.717) is 18.8 Å². The second-order valence-electron chi connectivity index (χ2n) is 5.93. The molecule has 2 aliphatic heterocycles. The third kappa shape index (κ3) is 5.89. The first kappa shape index (κ1) is 17.8. The summed E-state index contributed by atoms with van der Waals surface area (Å²) in [4.78, 5) is 6.62. The Morgan fingerprint density at radius 1 is 1.36 bits per heavy atom. The fourth-order valence-electron chi connectivity index (χ4n) is 2.92. The van der Waals surface area contributed by atoms with Gasteiger partial charge >= 0.3 is 0 Å². The molecule has 0 aromatic carbocycles. The third-order valence-corrected chi connectivity index (χ3v) is 4.46. The molecule has 22 heavy (non-hydrogen) atoms. The van der Waals surface area contributed by atoms with Gasteiger partial charge in [0.25, 0.3) is 0 Å². The summed E-state index contributed by atoms with van der Waals surface area (Å²) < 4.78 is 12.7. The van der Waals surface area contributed by atoms with Gasteiger partial charge in [0.05, 0.1) is 18.8 Å². The average molecular weight is 374 g/mol. The number of halogens is 1. The van der Waals surface area contributed by atoms with Gasteiger partial charge in [-0.15, -0.1) is 0 Å². The Morgan fingerprint density at radius 3 is 2.73 bits per heavy atom. The number of guanidine groups is 1. The molecule has 6 heteroatoms. The summed E-state index contributed by atoms with van der Waals surface area (Å²) in [6.07, 6.45) is 6.36. The van der Waals surface area contributed by atoms with Gasteiger partial charge in [-0.25, -0.2) is 0 Å². The zero-order valence-electron chi connectivity index (χ0n) is 13.5. The summed E-state index contributed by atoms with van der Waals surface area (Å²) in [6.45, 7) is 8.13. The number of ether oxygens (including phenoxy) is 2. The molecule has 0 spiro atoms. The van der Waals surface area contributed by atoms with Gasteiger partial charge in [-0.2, -0.15) is 0 Å². The molecule has 2 heterocycles. The van der Waals surface area contributed by atoms with Crippen LogP contribution >= 0.6 is 15.9 Å². The van der Waals surface area contributed by atoms with E-state index < -0.39 is 0 Å². The van der Waals surface area contributed by atoms with Gasteiger partial charge in [0.1, 0.15) is 0 Å². The van der Waals surface area contributed by atoms with Gasteiger partial charge in [-0.1, -0.05) is 22.5 Å². The summed E-state index contributed by atoms with van der Waals surface area (Å²) in [6, 6.07) is 0. The van der Waals surface area contributed by atoms with E-state index >= 15 is 0 Å². The molecule has 126 valence electrons. The third-order valence-electron chi connectivity index (χ3n) is 4.18. The molecule has 0 radical (unpaired) electrons. The molecule has 5 nitrogen and oxygen atoms in total. The van der Waals surface area contributed by atoms with Crippen molar-refractivity contribution in [3.8, 4) is 0 Å². The first-order chi connectivity index (χ1) is 10.7. The standard InChI is InChI=1S/C16H28BrN3O2/c1-13(17)11-19-16(18-2)20-8-6-14(7-9-20)22-12-15-5-3-4-10-21-15/h14-15H,1,3-12H2,2H3,(H,18,19). The van der Waals surface area contributed by atoms with Gasteiger partial charge in [0.2, 0.25) is 0 Å². The number of aliphatic imine (C=N–C) groups is 1. The highest BCUT2D eigenvalue weighted by atomic mass is 79.9. The smallest absolute Gasteiger partial charge is 0.193 e. The minimum Gasteiger partial charge on any atom is -0.376 e. The monoisotopic (exact) mass is 373 g/mol. The molecule has 0 bridgehead atoms. The number of likely N-dealkylation sites (tertiary alicyclic amines) is 1. The maximum Gasteiger partial charge on any atom is 0.193 e. The van der Waals surface area contributed by atoms with E-state index in [1.807, 2.05) is 7.05 Å². The molecule has 2 aliphatic rings. The number of rotatable bonds is 5. The highest BCUT2D eigenvalue weighted by Crippen LogP contribution is 2.18. The van der Waals surface area contributed by atoms with Crippen LogP contribution in [0.4, 0.5) is 0 Å². The second kappa shape index (κ2) is 9.53. The summed E-state index contributed by atoms with van der Waals surface area (Å²) in [5.41, 5.74) is 0. The highest BCUT2D eigenvalue weighted by molar-refractivity contribution is 9.11. The fourth-order valence-corrected chi connectivity index (χ4v) is 3.06. The minimum absolute atomic E-state index is 0.311. The minimum atomic E-state index is 0.311. The van der Waals surface area contributed by atoms with Crippen LogP contribution in [-0.2, 0) is 9.47 Å². The van der Waals surface area contributed by atoms with E-state index in [0.717, 1.165) is 56.0 Å².